The summed E-state index contributed by atoms with van der Waals surface area (Å²) in [5.41, 5.74) is 0.0927. The Balaban J connectivity index is 2.02. The second kappa shape index (κ2) is 5.18. The highest BCUT2D eigenvalue weighted by atomic mass is 16.5. The molecule has 0 spiro atoms. The first-order valence-corrected chi connectivity index (χ1v) is 5.77. The Hall–Kier alpha value is -1.89. The predicted molar refractivity (Wildman–Crippen MR) is 62.3 cm³/mol. The summed E-state index contributed by atoms with van der Waals surface area (Å²) in [5.74, 6) is -1.48. The van der Waals surface area contributed by atoms with Gasteiger partial charge in [0.15, 0.2) is 5.69 Å². The van der Waals surface area contributed by atoms with Gasteiger partial charge in [-0.2, -0.15) is 5.10 Å². The number of ether oxygens (including phenoxy) is 1. The Labute approximate surface area is 104 Å². The molecule has 1 aliphatic rings. The van der Waals surface area contributed by atoms with Crippen LogP contribution in [0.3, 0.4) is 0 Å². The maximum absolute atomic E-state index is 12.0. The molecule has 0 bridgehead atoms. The normalized spacial score (nSPS) is 23.6. The van der Waals surface area contributed by atoms with Gasteiger partial charge in [0.2, 0.25) is 5.91 Å². The Bertz CT molecular complexity index is 457. The molecule has 1 fully saturated rings. The molecule has 3 N–H and O–H groups in total. The summed E-state index contributed by atoms with van der Waals surface area (Å²) < 4.78 is 5.36. The minimum absolute atomic E-state index is 0.0535. The largest absolute Gasteiger partial charge is 0.476 e. The average Bonchev–Trinajstić information content (AvgIpc) is 2.77. The highest BCUT2D eigenvalue weighted by Crippen LogP contribution is 2.22. The van der Waals surface area contributed by atoms with Crippen LogP contribution in [0.25, 0.3) is 0 Å². The summed E-state index contributed by atoms with van der Waals surface area (Å²) in [4.78, 5) is 22.8. The minimum atomic E-state index is -1.15. The first-order chi connectivity index (χ1) is 8.58. The van der Waals surface area contributed by atoms with Crippen molar-refractivity contribution in [2.45, 2.75) is 25.9 Å². The zero-order valence-corrected chi connectivity index (χ0v) is 9.97. The standard InChI is InChI=1S/C11H15N3O4/c1-6-4-7(2-3-18-6)10(15)13-8-5-12-14-9(8)11(16)17/h5-7H,2-4H2,1H3,(H,12,14)(H,13,15)(H,16,17)/t6-,7-/m1/s1. The van der Waals surface area contributed by atoms with E-state index in [2.05, 4.69) is 15.5 Å². The van der Waals surface area contributed by atoms with Crippen LogP contribution in [0.2, 0.25) is 0 Å². The van der Waals surface area contributed by atoms with Crippen molar-refractivity contribution in [3.63, 3.8) is 0 Å². The fourth-order valence-corrected chi connectivity index (χ4v) is 2.01. The first-order valence-electron chi connectivity index (χ1n) is 5.77. The number of anilines is 1. The summed E-state index contributed by atoms with van der Waals surface area (Å²) in [5, 5.41) is 17.4. The fourth-order valence-electron chi connectivity index (χ4n) is 2.01. The van der Waals surface area contributed by atoms with Crippen molar-refractivity contribution in [3.8, 4) is 0 Å². The third kappa shape index (κ3) is 2.67. The van der Waals surface area contributed by atoms with Gasteiger partial charge in [-0.15, -0.1) is 0 Å². The number of aromatic nitrogens is 2. The molecule has 2 atom stereocenters. The number of nitrogens with zero attached hydrogens (tertiary/aromatic N) is 1. The van der Waals surface area contributed by atoms with Crippen LogP contribution in [0, 0.1) is 5.92 Å². The lowest BCUT2D eigenvalue weighted by molar-refractivity contribution is -0.124. The van der Waals surface area contributed by atoms with E-state index in [1.54, 1.807) is 0 Å². The molecule has 98 valence electrons. The van der Waals surface area contributed by atoms with E-state index in [0.29, 0.717) is 19.4 Å². The van der Waals surface area contributed by atoms with Gasteiger partial charge in [0.25, 0.3) is 0 Å². The molecule has 1 saturated heterocycles. The third-order valence-electron chi connectivity index (χ3n) is 2.97. The van der Waals surface area contributed by atoms with Gasteiger partial charge >= 0.3 is 5.97 Å². The first kappa shape index (κ1) is 12.6. The van der Waals surface area contributed by atoms with Crippen LogP contribution in [-0.2, 0) is 9.53 Å². The van der Waals surface area contributed by atoms with E-state index in [9.17, 15) is 9.59 Å². The van der Waals surface area contributed by atoms with Crippen molar-refractivity contribution in [3.05, 3.63) is 11.9 Å². The van der Waals surface area contributed by atoms with Crippen molar-refractivity contribution in [2.24, 2.45) is 5.92 Å². The zero-order chi connectivity index (χ0) is 13.1. The molecule has 7 heteroatoms. The Morgan fingerprint density at radius 1 is 1.61 bits per heavy atom. The lowest BCUT2D eigenvalue weighted by Crippen LogP contribution is -2.32. The van der Waals surface area contributed by atoms with Crippen LogP contribution in [0.5, 0.6) is 0 Å². The van der Waals surface area contributed by atoms with E-state index >= 15 is 0 Å². The van der Waals surface area contributed by atoms with Gasteiger partial charge in [-0.3, -0.25) is 9.89 Å². The molecule has 1 aromatic rings. The molecule has 7 nitrogen and oxygen atoms in total. The lowest BCUT2D eigenvalue weighted by atomic mass is 9.95. The Morgan fingerprint density at radius 3 is 3.06 bits per heavy atom. The molecular weight excluding hydrogens is 238 g/mol. The second-order valence-corrected chi connectivity index (χ2v) is 4.36. The quantitative estimate of drug-likeness (QED) is 0.741. The fraction of sp³-hybridized carbons (Fsp3) is 0.545. The molecule has 2 heterocycles. The molecule has 1 aliphatic heterocycles. The third-order valence-corrected chi connectivity index (χ3v) is 2.97. The number of nitrogens with one attached hydrogen (secondary N) is 2. The zero-order valence-electron chi connectivity index (χ0n) is 9.97. The van der Waals surface area contributed by atoms with Crippen LogP contribution < -0.4 is 5.32 Å². The SMILES string of the molecule is C[C@@H]1C[C@H](C(=O)Nc2cn[nH]c2C(=O)O)CCO1. The molecule has 1 amide bonds. The molecular formula is C11H15N3O4. The van der Waals surface area contributed by atoms with Crippen molar-refractivity contribution in [1.29, 1.82) is 0 Å². The van der Waals surface area contributed by atoms with Crippen molar-refractivity contribution < 1.29 is 19.4 Å². The summed E-state index contributed by atoms with van der Waals surface area (Å²) in [6, 6.07) is 0. The number of aromatic amines is 1. The molecule has 2 rings (SSSR count). The summed E-state index contributed by atoms with van der Waals surface area (Å²) in [6.45, 7) is 2.47. The van der Waals surface area contributed by atoms with Crippen molar-refractivity contribution in [2.75, 3.05) is 11.9 Å². The minimum Gasteiger partial charge on any atom is -0.476 e. The van der Waals surface area contributed by atoms with Gasteiger partial charge < -0.3 is 15.2 Å². The number of amides is 1. The highest BCUT2D eigenvalue weighted by molar-refractivity contribution is 5.99. The van der Waals surface area contributed by atoms with E-state index in [-0.39, 0.29) is 29.3 Å². The Kier molecular flexibility index (Phi) is 3.61. The van der Waals surface area contributed by atoms with Crippen LogP contribution in [0.1, 0.15) is 30.3 Å². The Morgan fingerprint density at radius 2 is 2.39 bits per heavy atom. The molecule has 0 saturated carbocycles. The van der Waals surface area contributed by atoms with Crippen molar-refractivity contribution in [1.82, 2.24) is 10.2 Å². The number of carboxylic acids is 1. The number of hydrogen-bond acceptors (Lipinski definition) is 4. The average molecular weight is 253 g/mol. The van der Waals surface area contributed by atoms with E-state index in [0.717, 1.165) is 0 Å². The van der Waals surface area contributed by atoms with Crippen molar-refractivity contribution >= 4 is 17.6 Å². The maximum Gasteiger partial charge on any atom is 0.356 e. The number of H-pyrrole nitrogens is 1. The van der Waals surface area contributed by atoms with E-state index in [1.807, 2.05) is 6.92 Å². The maximum atomic E-state index is 12.0. The predicted octanol–water partition coefficient (Wildman–Crippen LogP) is 0.861. The van der Waals surface area contributed by atoms with Crippen LogP contribution in [-0.4, -0.2) is 39.9 Å². The van der Waals surface area contributed by atoms with Crippen LogP contribution in [0.4, 0.5) is 5.69 Å². The van der Waals surface area contributed by atoms with E-state index in [1.165, 1.54) is 6.20 Å². The number of aromatic carboxylic acids is 1. The van der Waals surface area contributed by atoms with Gasteiger partial charge in [-0.05, 0) is 19.8 Å². The molecule has 0 aromatic carbocycles. The number of carbonyl (C=O) groups excluding carboxylic acids is 1. The summed E-state index contributed by atoms with van der Waals surface area (Å²) in [6.07, 6.45) is 2.64. The number of carboxylic acid groups (broad SMARTS) is 1. The topological polar surface area (TPSA) is 104 Å². The number of carbonyl (C=O) groups is 2. The van der Waals surface area contributed by atoms with E-state index < -0.39 is 5.97 Å². The van der Waals surface area contributed by atoms with Gasteiger partial charge in [-0.25, -0.2) is 4.79 Å². The van der Waals surface area contributed by atoms with Gasteiger partial charge in [0.05, 0.1) is 18.0 Å². The molecule has 0 radical (unpaired) electrons. The summed E-state index contributed by atoms with van der Waals surface area (Å²) in [7, 11) is 0. The smallest absolute Gasteiger partial charge is 0.356 e. The highest BCUT2D eigenvalue weighted by Gasteiger charge is 2.26. The molecule has 18 heavy (non-hydrogen) atoms. The van der Waals surface area contributed by atoms with Gasteiger partial charge in [0, 0.05) is 12.5 Å². The van der Waals surface area contributed by atoms with Gasteiger partial charge in [0.1, 0.15) is 0 Å². The summed E-state index contributed by atoms with van der Waals surface area (Å²) >= 11 is 0. The van der Waals surface area contributed by atoms with Crippen LogP contribution >= 0.6 is 0 Å². The second-order valence-electron chi connectivity index (χ2n) is 4.36. The molecule has 0 aliphatic carbocycles. The number of rotatable bonds is 3. The molecule has 1 aromatic heterocycles. The van der Waals surface area contributed by atoms with E-state index in [4.69, 9.17) is 9.84 Å². The lowest BCUT2D eigenvalue weighted by Gasteiger charge is -2.26. The number of hydrogen-bond donors (Lipinski definition) is 3. The molecule has 0 unspecified atom stereocenters. The van der Waals surface area contributed by atoms with Gasteiger partial charge in [-0.1, -0.05) is 0 Å². The van der Waals surface area contributed by atoms with Crippen LogP contribution in [0.15, 0.2) is 6.20 Å². The monoisotopic (exact) mass is 253 g/mol.